The van der Waals surface area contributed by atoms with Crippen molar-refractivity contribution in [3.63, 3.8) is 0 Å². The Morgan fingerprint density at radius 2 is 1.95 bits per heavy atom. The van der Waals surface area contributed by atoms with Gasteiger partial charge in [0.05, 0.1) is 12.8 Å². The van der Waals surface area contributed by atoms with E-state index in [1.807, 2.05) is 6.92 Å². The number of hydrogen-bond acceptors (Lipinski definition) is 3. The molecular formula is C15H17FN2O3. The summed E-state index contributed by atoms with van der Waals surface area (Å²) in [6.45, 7) is 2.51. The number of benzene rings is 1. The van der Waals surface area contributed by atoms with Crippen molar-refractivity contribution in [3.8, 4) is 11.4 Å². The van der Waals surface area contributed by atoms with E-state index in [4.69, 9.17) is 4.74 Å². The van der Waals surface area contributed by atoms with Gasteiger partial charge in [-0.05, 0) is 18.6 Å². The summed E-state index contributed by atoms with van der Waals surface area (Å²) in [7, 11) is 1.36. The lowest BCUT2D eigenvalue weighted by atomic mass is 10.3. The molecule has 1 aromatic heterocycles. The summed E-state index contributed by atoms with van der Waals surface area (Å²) >= 11 is 0. The number of halogens is 1. The van der Waals surface area contributed by atoms with Crippen molar-refractivity contribution in [3.05, 3.63) is 57.1 Å². The highest BCUT2D eigenvalue weighted by Gasteiger charge is 2.09. The van der Waals surface area contributed by atoms with E-state index in [0.29, 0.717) is 6.54 Å². The number of unbranched alkanes of at least 4 members (excludes halogenated alkanes) is 1. The molecule has 0 saturated carbocycles. The number of hydrogen-bond donors (Lipinski definition) is 0. The first-order valence-corrected chi connectivity index (χ1v) is 6.74. The zero-order valence-corrected chi connectivity index (χ0v) is 12.0. The lowest BCUT2D eigenvalue weighted by Gasteiger charge is -2.09. The minimum atomic E-state index is -0.696. The SMILES string of the molecule is CCCCn1ccn(-c2ccc(OC)c(F)c2)c(=O)c1=O. The van der Waals surface area contributed by atoms with E-state index in [0.717, 1.165) is 23.5 Å². The maximum Gasteiger partial charge on any atom is 0.320 e. The van der Waals surface area contributed by atoms with Gasteiger partial charge in [-0.15, -0.1) is 0 Å². The normalized spacial score (nSPS) is 10.6. The minimum Gasteiger partial charge on any atom is -0.494 e. The second kappa shape index (κ2) is 6.39. The predicted octanol–water partition coefficient (Wildman–Crippen LogP) is 1.95. The molecule has 0 aliphatic heterocycles. The van der Waals surface area contributed by atoms with Gasteiger partial charge in [0.15, 0.2) is 11.6 Å². The molecule has 0 aliphatic carbocycles. The molecule has 0 unspecified atom stereocenters. The molecule has 6 heteroatoms. The zero-order valence-electron chi connectivity index (χ0n) is 12.0. The Kier molecular flexibility index (Phi) is 4.57. The van der Waals surface area contributed by atoms with Gasteiger partial charge in [0.2, 0.25) is 0 Å². The van der Waals surface area contributed by atoms with Gasteiger partial charge in [-0.25, -0.2) is 4.39 Å². The third-order valence-corrected chi connectivity index (χ3v) is 3.22. The lowest BCUT2D eigenvalue weighted by Crippen LogP contribution is -2.39. The minimum absolute atomic E-state index is 0.0862. The number of aromatic nitrogens is 2. The van der Waals surface area contributed by atoms with E-state index in [-0.39, 0.29) is 11.4 Å². The van der Waals surface area contributed by atoms with Crippen LogP contribution in [0.1, 0.15) is 19.8 Å². The van der Waals surface area contributed by atoms with Crippen LogP contribution in [0, 0.1) is 5.82 Å². The van der Waals surface area contributed by atoms with Crippen molar-refractivity contribution in [2.75, 3.05) is 7.11 Å². The molecule has 0 aliphatic rings. The number of nitrogens with zero attached hydrogens (tertiary/aromatic N) is 2. The summed E-state index contributed by atoms with van der Waals surface area (Å²) in [6, 6.07) is 4.11. The highest BCUT2D eigenvalue weighted by molar-refractivity contribution is 5.38. The molecule has 5 nitrogen and oxygen atoms in total. The van der Waals surface area contributed by atoms with E-state index >= 15 is 0 Å². The molecule has 0 fully saturated rings. The quantitative estimate of drug-likeness (QED) is 0.791. The van der Waals surface area contributed by atoms with E-state index in [1.54, 1.807) is 6.20 Å². The van der Waals surface area contributed by atoms with Crippen LogP contribution in [0.25, 0.3) is 5.69 Å². The van der Waals surface area contributed by atoms with Crippen molar-refractivity contribution < 1.29 is 9.13 Å². The largest absolute Gasteiger partial charge is 0.494 e. The smallest absolute Gasteiger partial charge is 0.320 e. The second-order valence-electron chi connectivity index (χ2n) is 4.64. The second-order valence-corrected chi connectivity index (χ2v) is 4.64. The van der Waals surface area contributed by atoms with Crippen molar-refractivity contribution in [1.29, 1.82) is 0 Å². The first-order valence-electron chi connectivity index (χ1n) is 6.74. The Balaban J connectivity index is 2.46. The molecule has 21 heavy (non-hydrogen) atoms. The lowest BCUT2D eigenvalue weighted by molar-refractivity contribution is 0.386. The van der Waals surface area contributed by atoms with Crippen molar-refractivity contribution in [2.45, 2.75) is 26.3 Å². The fraction of sp³-hybridized carbons (Fsp3) is 0.333. The van der Waals surface area contributed by atoms with Crippen LogP contribution < -0.4 is 15.9 Å². The Morgan fingerprint density at radius 1 is 1.19 bits per heavy atom. The van der Waals surface area contributed by atoms with Crippen LogP contribution in [0.5, 0.6) is 5.75 Å². The molecule has 0 spiro atoms. The Bertz CT molecular complexity index is 749. The van der Waals surface area contributed by atoms with Gasteiger partial charge in [0.1, 0.15) is 0 Å². The highest BCUT2D eigenvalue weighted by atomic mass is 19.1. The molecule has 2 rings (SSSR count). The van der Waals surface area contributed by atoms with E-state index in [9.17, 15) is 14.0 Å². The van der Waals surface area contributed by atoms with Gasteiger partial charge >= 0.3 is 11.1 Å². The Labute approximate surface area is 121 Å². The molecule has 1 aromatic carbocycles. The Morgan fingerprint density at radius 3 is 2.57 bits per heavy atom. The third kappa shape index (κ3) is 3.04. The van der Waals surface area contributed by atoms with Crippen LogP contribution >= 0.6 is 0 Å². The molecule has 112 valence electrons. The van der Waals surface area contributed by atoms with Crippen LogP contribution in [0.15, 0.2) is 40.2 Å². The summed E-state index contributed by atoms with van der Waals surface area (Å²) in [5.41, 5.74) is -1.02. The standard InChI is InChI=1S/C15H17FN2O3/c1-3-4-7-17-8-9-18(15(20)14(17)19)11-5-6-13(21-2)12(16)10-11/h5-6,8-10H,3-4,7H2,1-2H3. The van der Waals surface area contributed by atoms with Crippen molar-refractivity contribution in [1.82, 2.24) is 9.13 Å². The third-order valence-electron chi connectivity index (χ3n) is 3.22. The van der Waals surface area contributed by atoms with Gasteiger partial charge in [-0.1, -0.05) is 13.3 Å². The predicted molar refractivity (Wildman–Crippen MR) is 77.7 cm³/mol. The maximum atomic E-state index is 13.7. The molecule has 0 saturated heterocycles. The van der Waals surface area contributed by atoms with Gasteiger partial charge in [0.25, 0.3) is 0 Å². The summed E-state index contributed by atoms with van der Waals surface area (Å²) in [4.78, 5) is 24.1. The van der Waals surface area contributed by atoms with E-state index in [1.165, 1.54) is 30.0 Å². The van der Waals surface area contributed by atoms with Crippen LogP contribution in [0.2, 0.25) is 0 Å². The van der Waals surface area contributed by atoms with Gasteiger partial charge < -0.3 is 9.30 Å². The van der Waals surface area contributed by atoms with E-state index < -0.39 is 16.9 Å². The average Bonchev–Trinajstić information content (AvgIpc) is 2.49. The molecular weight excluding hydrogens is 275 g/mol. The molecule has 0 N–H and O–H groups in total. The number of ether oxygens (including phenoxy) is 1. The average molecular weight is 292 g/mol. The first-order chi connectivity index (χ1) is 10.1. The van der Waals surface area contributed by atoms with Crippen LogP contribution in [0.3, 0.4) is 0 Å². The van der Waals surface area contributed by atoms with Crippen LogP contribution in [0.4, 0.5) is 4.39 Å². The maximum absolute atomic E-state index is 13.7. The van der Waals surface area contributed by atoms with Crippen LogP contribution in [-0.4, -0.2) is 16.2 Å². The summed E-state index contributed by atoms with van der Waals surface area (Å²) in [5, 5.41) is 0. The molecule has 1 heterocycles. The summed E-state index contributed by atoms with van der Waals surface area (Å²) in [5.74, 6) is -0.500. The molecule has 0 atom stereocenters. The number of rotatable bonds is 5. The van der Waals surface area contributed by atoms with E-state index in [2.05, 4.69) is 0 Å². The molecule has 0 amide bonds. The van der Waals surface area contributed by atoms with Crippen LogP contribution in [-0.2, 0) is 6.54 Å². The topological polar surface area (TPSA) is 53.2 Å². The fourth-order valence-electron chi connectivity index (χ4n) is 2.02. The van der Waals surface area contributed by atoms with Gasteiger partial charge in [-0.2, -0.15) is 0 Å². The number of methoxy groups -OCH3 is 1. The van der Waals surface area contributed by atoms with Gasteiger partial charge in [-0.3, -0.25) is 14.2 Å². The highest BCUT2D eigenvalue weighted by Crippen LogP contribution is 2.18. The molecule has 0 radical (unpaired) electrons. The first kappa shape index (κ1) is 15.0. The molecule has 2 aromatic rings. The fourth-order valence-corrected chi connectivity index (χ4v) is 2.02. The Hall–Kier alpha value is -2.37. The van der Waals surface area contributed by atoms with Gasteiger partial charge in [0, 0.05) is 25.0 Å². The van der Waals surface area contributed by atoms with Crippen molar-refractivity contribution in [2.24, 2.45) is 0 Å². The monoisotopic (exact) mass is 292 g/mol. The summed E-state index contributed by atoms with van der Waals surface area (Å²) < 4.78 is 21.0. The number of aryl methyl sites for hydroxylation is 1. The van der Waals surface area contributed by atoms with Crippen molar-refractivity contribution >= 4 is 0 Å². The summed E-state index contributed by atoms with van der Waals surface area (Å²) in [6.07, 6.45) is 4.77. The molecule has 0 bridgehead atoms. The zero-order chi connectivity index (χ0) is 15.4.